The molecule has 0 spiro atoms. The second-order valence-corrected chi connectivity index (χ2v) is 9.63. The predicted octanol–water partition coefficient (Wildman–Crippen LogP) is 2.03. The number of carbonyl (C=O) groups is 2. The number of carbonyl (C=O) groups excluding carboxylic acids is 2. The molecule has 0 aliphatic carbocycles. The van der Waals surface area contributed by atoms with Crippen molar-refractivity contribution in [1.82, 2.24) is 10.2 Å². The van der Waals surface area contributed by atoms with Crippen molar-refractivity contribution in [3.05, 3.63) is 48.0 Å². The molecule has 35 heavy (non-hydrogen) atoms. The van der Waals surface area contributed by atoms with E-state index in [4.69, 9.17) is 14.2 Å². The van der Waals surface area contributed by atoms with Crippen molar-refractivity contribution >= 4 is 27.5 Å². The average molecular weight is 508 g/mol. The van der Waals surface area contributed by atoms with Gasteiger partial charge in [-0.3, -0.25) is 13.9 Å². The van der Waals surface area contributed by atoms with Crippen LogP contribution in [0.2, 0.25) is 0 Å². The highest BCUT2D eigenvalue weighted by Crippen LogP contribution is 2.32. The fourth-order valence-electron chi connectivity index (χ4n) is 3.65. The van der Waals surface area contributed by atoms with E-state index in [1.807, 2.05) is 6.07 Å². The van der Waals surface area contributed by atoms with Crippen molar-refractivity contribution in [1.29, 1.82) is 0 Å². The van der Waals surface area contributed by atoms with Crippen LogP contribution in [0.5, 0.6) is 17.2 Å². The molecule has 0 radical (unpaired) electrons. The smallest absolute Gasteiger partial charge is 0.244 e. The summed E-state index contributed by atoms with van der Waals surface area (Å²) in [5, 5.41) is 2.58. The molecule has 0 unspecified atom stereocenters. The maximum absolute atomic E-state index is 13.6. The first-order chi connectivity index (χ1) is 16.6. The van der Waals surface area contributed by atoms with Crippen molar-refractivity contribution < 1.29 is 32.2 Å². The molecule has 0 aliphatic heterocycles. The minimum Gasteiger partial charge on any atom is -0.497 e. The molecule has 0 saturated heterocycles. The zero-order chi connectivity index (χ0) is 26.2. The Morgan fingerprint density at radius 1 is 1.00 bits per heavy atom. The number of rotatable bonds is 12. The summed E-state index contributed by atoms with van der Waals surface area (Å²) >= 11 is 0. The molecule has 0 heterocycles. The lowest BCUT2D eigenvalue weighted by Gasteiger charge is -2.32. The van der Waals surface area contributed by atoms with Gasteiger partial charge < -0.3 is 24.4 Å². The summed E-state index contributed by atoms with van der Waals surface area (Å²) in [6, 6.07) is 10.9. The second-order valence-electron chi connectivity index (χ2n) is 7.72. The number of anilines is 1. The summed E-state index contributed by atoms with van der Waals surface area (Å²) in [5.74, 6) is 0.452. The summed E-state index contributed by atoms with van der Waals surface area (Å²) in [6.45, 7) is 1.37. The monoisotopic (exact) mass is 507 g/mol. The Labute approximate surface area is 206 Å². The second kappa shape index (κ2) is 12.3. The quantitative estimate of drug-likeness (QED) is 0.468. The summed E-state index contributed by atoms with van der Waals surface area (Å²) in [4.78, 5) is 27.6. The maximum atomic E-state index is 13.6. The standard InChI is InChI=1S/C24H33N3O7S/c1-7-20(24(29)25-2)26(15-17-9-8-10-19(13-17)32-3)23(28)16-27(35(6,30)31)18-11-12-21(33-4)22(14-18)34-5/h8-14,20H,7,15-16H2,1-6H3,(H,25,29)/t20-/m1/s1. The third kappa shape index (κ3) is 7.01. The number of likely N-dealkylation sites (N-methyl/N-ethyl adjacent to an activating group) is 1. The molecule has 192 valence electrons. The molecule has 10 nitrogen and oxygen atoms in total. The van der Waals surface area contributed by atoms with Gasteiger partial charge in [-0.1, -0.05) is 19.1 Å². The Morgan fingerprint density at radius 3 is 2.23 bits per heavy atom. The van der Waals surface area contributed by atoms with Crippen molar-refractivity contribution in [2.75, 3.05) is 45.5 Å². The van der Waals surface area contributed by atoms with E-state index in [1.54, 1.807) is 31.2 Å². The number of nitrogens with one attached hydrogen (secondary N) is 1. The van der Waals surface area contributed by atoms with Crippen LogP contribution in [0.1, 0.15) is 18.9 Å². The first-order valence-electron chi connectivity index (χ1n) is 10.9. The van der Waals surface area contributed by atoms with Crippen LogP contribution in [0.4, 0.5) is 5.69 Å². The van der Waals surface area contributed by atoms with Crippen LogP contribution < -0.4 is 23.8 Å². The van der Waals surface area contributed by atoms with E-state index in [0.29, 0.717) is 23.7 Å². The highest BCUT2D eigenvalue weighted by atomic mass is 32.2. The van der Waals surface area contributed by atoms with Gasteiger partial charge in [-0.25, -0.2) is 8.42 Å². The van der Waals surface area contributed by atoms with Crippen LogP contribution >= 0.6 is 0 Å². The van der Waals surface area contributed by atoms with Crippen LogP contribution in [0.15, 0.2) is 42.5 Å². The molecule has 1 atom stereocenters. The van der Waals surface area contributed by atoms with Gasteiger partial charge in [-0.15, -0.1) is 0 Å². The summed E-state index contributed by atoms with van der Waals surface area (Å²) < 4.78 is 42.2. The van der Waals surface area contributed by atoms with Crippen molar-refractivity contribution in [2.24, 2.45) is 0 Å². The largest absolute Gasteiger partial charge is 0.497 e. The molecule has 2 amide bonds. The Balaban J connectivity index is 2.48. The average Bonchev–Trinajstić information content (AvgIpc) is 2.85. The highest BCUT2D eigenvalue weighted by molar-refractivity contribution is 7.92. The number of nitrogens with zero attached hydrogens (tertiary/aromatic N) is 2. The number of methoxy groups -OCH3 is 3. The fourth-order valence-corrected chi connectivity index (χ4v) is 4.49. The molecule has 0 fully saturated rings. The molecular weight excluding hydrogens is 474 g/mol. The summed E-state index contributed by atoms with van der Waals surface area (Å²) in [7, 11) is 2.06. The van der Waals surface area contributed by atoms with Gasteiger partial charge in [0.2, 0.25) is 21.8 Å². The molecule has 0 saturated carbocycles. The van der Waals surface area contributed by atoms with Crippen molar-refractivity contribution in [2.45, 2.75) is 25.9 Å². The number of sulfonamides is 1. The van der Waals surface area contributed by atoms with Gasteiger partial charge >= 0.3 is 0 Å². The number of ether oxygens (including phenoxy) is 3. The van der Waals surface area contributed by atoms with Crippen LogP contribution in [-0.4, -0.2) is 72.4 Å². The predicted molar refractivity (Wildman–Crippen MR) is 133 cm³/mol. The third-order valence-corrected chi connectivity index (χ3v) is 6.59. The SMILES string of the molecule is CC[C@H](C(=O)NC)N(Cc1cccc(OC)c1)C(=O)CN(c1ccc(OC)c(OC)c1)S(C)(=O)=O. The summed E-state index contributed by atoms with van der Waals surface area (Å²) in [6.07, 6.45) is 1.35. The molecular formula is C24H33N3O7S. The molecule has 11 heteroatoms. The lowest BCUT2D eigenvalue weighted by Crippen LogP contribution is -2.51. The van der Waals surface area contributed by atoms with E-state index < -0.39 is 28.5 Å². The van der Waals surface area contributed by atoms with Crippen LogP contribution in [-0.2, 0) is 26.2 Å². The minimum absolute atomic E-state index is 0.0888. The van der Waals surface area contributed by atoms with Crippen LogP contribution in [0.3, 0.4) is 0 Å². The van der Waals surface area contributed by atoms with Gasteiger partial charge in [-0.2, -0.15) is 0 Å². The lowest BCUT2D eigenvalue weighted by atomic mass is 10.1. The van der Waals surface area contributed by atoms with E-state index in [1.165, 1.54) is 45.4 Å². The molecule has 2 aromatic rings. The first-order valence-corrected chi connectivity index (χ1v) is 12.8. The lowest BCUT2D eigenvalue weighted by molar-refractivity contribution is -0.140. The number of hydrogen-bond acceptors (Lipinski definition) is 7. The van der Waals surface area contributed by atoms with Gasteiger partial charge in [-0.05, 0) is 36.2 Å². The van der Waals surface area contributed by atoms with Gasteiger partial charge in [0.1, 0.15) is 18.3 Å². The molecule has 0 bridgehead atoms. The Bertz CT molecular complexity index is 1140. The fraction of sp³-hybridized carbons (Fsp3) is 0.417. The molecule has 0 aliphatic rings. The van der Waals surface area contributed by atoms with Crippen LogP contribution in [0, 0.1) is 0 Å². The number of benzene rings is 2. The molecule has 1 N–H and O–H groups in total. The van der Waals surface area contributed by atoms with E-state index in [2.05, 4.69) is 5.32 Å². The third-order valence-electron chi connectivity index (χ3n) is 5.45. The van der Waals surface area contributed by atoms with Crippen LogP contribution in [0.25, 0.3) is 0 Å². The zero-order valence-corrected chi connectivity index (χ0v) is 21.7. The molecule has 0 aromatic heterocycles. The zero-order valence-electron chi connectivity index (χ0n) is 20.9. The van der Waals surface area contributed by atoms with Crippen molar-refractivity contribution in [3.63, 3.8) is 0 Å². The maximum Gasteiger partial charge on any atom is 0.244 e. The Morgan fingerprint density at radius 2 is 1.69 bits per heavy atom. The number of amides is 2. The topological polar surface area (TPSA) is 114 Å². The Kier molecular flexibility index (Phi) is 9.76. The Hall–Kier alpha value is -3.47. The van der Waals surface area contributed by atoms with E-state index in [9.17, 15) is 18.0 Å². The molecule has 2 rings (SSSR count). The van der Waals surface area contributed by atoms with E-state index in [-0.39, 0.29) is 18.1 Å². The normalized spacial score (nSPS) is 11.8. The van der Waals surface area contributed by atoms with Gasteiger partial charge in [0, 0.05) is 19.7 Å². The van der Waals surface area contributed by atoms with E-state index >= 15 is 0 Å². The summed E-state index contributed by atoms with van der Waals surface area (Å²) in [5.41, 5.74) is 0.963. The van der Waals surface area contributed by atoms with Crippen molar-refractivity contribution in [3.8, 4) is 17.2 Å². The van der Waals surface area contributed by atoms with Gasteiger partial charge in [0.05, 0.1) is 33.3 Å². The highest BCUT2D eigenvalue weighted by Gasteiger charge is 2.31. The first kappa shape index (κ1) is 27.8. The minimum atomic E-state index is -3.86. The molecule has 2 aromatic carbocycles. The van der Waals surface area contributed by atoms with E-state index in [0.717, 1.165) is 16.1 Å². The number of hydrogen-bond donors (Lipinski definition) is 1. The van der Waals surface area contributed by atoms with Gasteiger partial charge in [0.15, 0.2) is 11.5 Å². The van der Waals surface area contributed by atoms with Gasteiger partial charge in [0.25, 0.3) is 0 Å².